The first-order valence-electron chi connectivity index (χ1n) is 5.89. The lowest BCUT2D eigenvalue weighted by molar-refractivity contribution is 0.102. The van der Waals surface area contributed by atoms with E-state index in [1.165, 1.54) is 17.6 Å². The highest BCUT2D eigenvalue weighted by Gasteiger charge is 2.14. The lowest BCUT2D eigenvalue weighted by Gasteiger charge is -1.99. The predicted molar refractivity (Wildman–Crippen MR) is 89.6 cm³/mol. The van der Waals surface area contributed by atoms with Gasteiger partial charge in [-0.25, -0.2) is 4.98 Å². The highest BCUT2D eigenvalue weighted by Crippen LogP contribution is 2.27. The van der Waals surface area contributed by atoms with Crippen molar-refractivity contribution in [3.05, 3.63) is 56.7 Å². The van der Waals surface area contributed by atoms with Crippen molar-refractivity contribution in [3.8, 4) is 11.3 Å². The Morgan fingerprint density at radius 2 is 2.14 bits per heavy atom. The molecule has 0 fully saturated rings. The largest absolute Gasteiger partial charge is 0.457 e. The van der Waals surface area contributed by atoms with Crippen molar-refractivity contribution >= 4 is 54.2 Å². The van der Waals surface area contributed by atoms with Crippen molar-refractivity contribution in [2.45, 2.75) is 0 Å². The summed E-state index contributed by atoms with van der Waals surface area (Å²) >= 11 is 7.99. The molecule has 0 unspecified atom stereocenters. The van der Waals surface area contributed by atoms with Crippen LogP contribution in [-0.4, -0.2) is 10.9 Å². The molecule has 0 saturated heterocycles. The zero-order chi connectivity index (χ0) is 14.8. The molecule has 21 heavy (non-hydrogen) atoms. The van der Waals surface area contributed by atoms with Crippen LogP contribution in [0.25, 0.3) is 11.3 Å². The van der Waals surface area contributed by atoms with Gasteiger partial charge >= 0.3 is 0 Å². The van der Waals surface area contributed by atoms with Gasteiger partial charge in [-0.2, -0.15) is 0 Å². The number of thiazole rings is 1. The molecule has 0 bridgehead atoms. The van der Waals surface area contributed by atoms with Crippen molar-refractivity contribution in [1.29, 1.82) is 0 Å². The van der Waals surface area contributed by atoms with Gasteiger partial charge in [0, 0.05) is 15.4 Å². The standard InChI is InChI=1S/C14H8Br2N2O2S/c15-9-3-1-2-8(6-9)11-7-21-14(17-11)18-13(19)10-4-5-20-12(10)16/h1-7H,(H,17,18,19). The first-order chi connectivity index (χ1) is 10.1. The second-order valence-electron chi connectivity index (χ2n) is 4.11. The van der Waals surface area contributed by atoms with Crippen molar-refractivity contribution in [3.63, 3.8) is 0 Å². The Morgan fingerprint density at radius 1 is 1.29 bits per heavy atom. The van der Waals surface area contributed by atoms with E-state index < -0.39 is 0 Å². The normalized spacial score (nSPS) is 10.6. The Balaban J connectivity index is 1.80. The maximum absolute atomic E-state index is 12.1. The maximum atomic E-state index is 12.1. The third-order valence-electron chi connectivity index (χ3n) is 2.71. The second-order valence-corrected chi connectivity index (χ2v) is 6.60. The monoisotopic (exact) mass is 426 g/mol. The molecule has 3 rings (SSSR count). The van der Waals surface area contributed by atoms with E-state index in [0.717, 1.165) is 15.7 Å². The van der Waals surface area contributed by atoms with E-state index >= 15 is 0 Å². The molecule has 1 aromatic carbocycles. The van der Waals surface area contributed by atoms with Crippen LogP contribution in [0, 0.1) is 0 Å². The van der Waals surface area contributed by atoms with Gasteiger partial charge in [0.1, 0.15) is 0 Å². The number of amides is 1. The quantitative estimate of drug-likeness (QED) is 0.626. The number of hydrogen-bond acceptors (Lipinski definition) is 4. The molecule has 0 atom stereocenters. The molecule has 106 valence electrons. The Hall–Kier alpha value is -1.44. The number of aromatic nitrogens is 1. The van der Waals surface area contributed by atoms with Crippen LogP contribution in [0.3, 0.4) is 0 Å². The molecule has 0 aliphatic carbocycles. The molecule has 3 aromatic rings. The molecule has 1 amide bonds. The molecule has 0 saturated carbocycles. The molecule has 0 aliphatic rings. The molecular formula is C14H8Br2N2O2S. The van der Waals surface area contributed by atoms with E-state index in [0.29, 0.717) is 15.4 Å². The van der Waals surface area contributed by atoms with Gasteiger partial charge in [0.2, 0.25) is 0 Å². The summed E-state index contributed by atoms with van der Waals surface area (Å²) in [4.78, 5) is 16.5. The summed E-state index contributed by atoms with van der Waals surface area (Å²) in [6, 6.07) is 9.45. The van der Waals surface area contributed by atoms with Crippen molar-refractivity contribution in [2.24, 2.45) is 0 Å². The minimum absolute atomic E-state index is 0.259. The highest BCUT2D eigenvalue weighted by molar-refractivity contribution is 9.10. The van der Waals surface area contributed by atoms with Gasteiger partial charge in [-0.1, -0.05) is 28.1 Å². The molecular weight excluding hydrogens is 420 g/mol. The molecule has 2 aromatic heterocycles. The van der Waals surface area contributed by atoms with Crippen LogP contribution < -0.4 is 5.32 Å². The number of benzene rings is 1. The van der Waals surface area contributed by atoms with Crippen LogP contribution in [0.5, 0.6) is 0 Å². The van der Waals surface area contributed by atoms with E-state index in [-0.39, 0.29) is 5.91 Å². The van der Waals surface area contributed by atoms with Crippen LogP contribution in [0.15, 0.2) is 55.5 Å². The summed E-state index contributed by atoms with van der Waals surface area (Å²) in [6.07, 6.45) is 1.45. The first-order valence-corrected chi connectivity index (χ1v) is 8.36. The molecule has 2 heterocycles. The van der Waals surface area contributed by atoms with Crippen LogP contribution in [0.4, 0.5) is 5.13 Å². The van der Waals surface area contributed by atoms with Crippen LogP contribution in [0.2, 0.25) is 0 Å². The van der Waals surface area contributed by atoms with Gasteiger partial charge in [0.05, 0.1) is 17.5 Å². The van der Waals surface area contributed by atoms with Gasteiger partial charge in [0.25, 0.3) is 5.91 Å². The number of rotatable bonds is 3. The number of carbonyl (C=O) groups excluding carboxylic acids is 1. The number of anilines is 1. The minimum Gasteiger partial charge on any atom is -0.457 e. The summed E-state index contributed by atoms with van der Waals surface area (Å²) < 4.78 is 6.44. The van der Waals surface area contributed by atoms with E-state index in [1.54, 1.807) is 6.07 Å². The molecule has 0 spiro atoms. The third-order valence-corrected chi connectivity index (χ3v) is 4.57. The number of nitrogens with one attached hydrogen (secondary N) is 1. The topological polar surface area (TPSA) is 55.1 Å². The van der Waals surface area contributed by atoms with Crippen molar-refractivity contribution in [1.82, 2.24) is 4.98 Å². The van der Waals surface area contributed by atoms with Gasteiger partial charge in [0.15, 0.2) is 9.80 Å². The SMILES string of the molecule is O=C(Nc1nc(-c2cccc(Br)c2)cs1)c1ccoc1Br. The van der Waals surface area contributed by atoms with E-state index in [9.17, 15) is 4.79 Å². The minimum atomic E-state index is -0.259. The fourth-order valence-corrected chi connectivity index (χ4v) is 3.27. The lowest BCUT2D eigenvalue weighted by Crippen LogP contribution is -2.11. The fraction of sp³-hybridized carbons (Fsp3) is 0. The van der Waals surface area contributed by atoms with Gasteiger partial charge in [-0.15, -0.1) is 11.3 Å². The van der Waals surface area contributed by atoms with Crippen LogP contribution in [-0.2, 0) is 0 Å². The zero-order valence-corrected chi connectivity index (χ0v) is 14.5. The summed E-state index contributed by atoms with van der Waals surface area (Å²) in [5, 5.41) is 5.21. The third kappa shape index (κ3) is 3.25. The number of hydrogen-bond donors (Lipinski definition) is 1. The van der Waals surface area contributed by atoms with Gasteiger partial charge in [-0.3, -0.25) is 10.1 Å². The molecule has 0 radical (unpaired) electrons. The Labute approximate surface area is 141 Å². The Kier molecular flexibility index (Phi) is 4.23. The average molecular weight is 428 g/mol. The summed E-state index contributed by atoms with van der Waals surface area (Å²) in [6.45, 7) is 0. The van der Waals surface area contributed by atoms with Crippen LogP contribution in [0.1, 0.15) is 10.4 Å². The number of halogens is 2. The lowest BCUT2D eigenvalue weighted by atomic mass is 10.2. The maximum Gasteiger partial charge on any atom is 0.261 e. The predicted octanol–water partition coefficient (Wildman–Crippen LogP) is 5.18. The number of carbonyl (C=O) groups is 1. The van der Waals surface area contributed by atoms with Crippen molar-refractivity contribution in [2.75, 3.05) is 5.32 Å². The summed E-state index contributed by atoms with van der Waals surface area (Å²) in [5.41, 5.74) is 2.25. The molecule has 1 N–H and O–H groups in total. The van der Waals surface area contributed by atoms with Crippen LogP contribution >= 0.6 is 43.2 Å². The van der Waals surface area contributed by atoms with Gasteiger partial charge < -0.3 is 4.42 Å². The molecule has 7 heteroatoms. The highest BCUT2D eigenvalue weighted by atomic mass is 79.9. The summed E-state index contributed by atoms with van der Waals surface area (Å²) in [7, 11) is 0. The summed E-state index contributed by atoms with van der Waals surface area (Å²) in [5.74, 6) is -0.259. The second kappa shape index (κ2) is 6.13. The number of nitrogens with zero attached hydrogens (tertiary/aromatic N) is 1. The van der Waals surface area contributed by atoms with E-state index in [2.05, 4.69) is 42.2 Å². The molecule has 4 nitrogen and oxygen atoms in total. The molecule has 0 aliphatic heterocycles. The van der Waals surface area contributed by atoms with Gasteiger partial charge in [-0.05, 0) is 34.1 Å². The average Bonchev–Trinajstić information content (AvgIpc) is 3.08. The Morgan fingerprint density at radius 3 is 2.86 bits per heavy atom. The number of furan rings is 1. The first kappa shape index (κ1) is 14.5. The fourth-order valence-electron chi connectivity index (χ4n) is 1.73. The smallest absolute Gasteiger partial charge is 0.261 e. The van der Waals surface area contributed by atoms with E-state index in [1.807, 2.05) is 29.6 Å². The zero-order valence-electron chi connectivity index (χ0n) is 10.5. The Bertz CT molecular complexity index is 798. The van der Waals surface area contributed by atoms with Crippen molar-refractivity contribution < 1.29 is 9.21 Å². The van der Waals surface area contributed by atoms with E-state index in [4.69, 9.17) is 4.42 Å².